The number of benzene rings is 1. The van der Waals surface area contributed by atoms with Gasteiger partial charge in [-0.15, -0.1) is 0 Å². The maximum Gasteiger partial charge on any atom is 0.372 e. The molecule has 0 aliphatic rings. The molecule has 0 bridgehead atoms. The number of esters is 1. The molecule has 0 fully saturated rings. The lowest BCUT2D eigenvalue weighted by Crippen LogP contribution is -2.37. The lowest BCUT2D eigenvalue weighted by molar-refractivity contribution is -0.655. The molecule has 0 saturated heterocycles. The summed E-state index contributed by atoms with van der Waals surface area (Å²) in [5, 5.41) is 0. The van der Waals surface area contributed by atoms with Gasteiger partial charge in [-0.2, -0.15) is 4.57 Å². The van der Waals surface area contributed by atoms with Gasteiger partial charge in [-0.05, 0) is 19.9 Å². The van der Waals surface area contributed by atoms with Crippen molar-refractivity contribution in [1.29, 1.82) is 0 Å². The van der Waals surface area contributed by atoms with Gasteiger partial charge in [0, 0.05) is 6.07 Å². The van der Waals surface area contributed by atoms with Gasteiger partial charge in [0.25, 0.3) is 0 Å². The Morgan fingerprint density at radius 1 is 1.44 bits per heavy atom. The molecule has 4 heteroatoms. The van der Waals surface area contributed by atoms with Crippen LogP contribution in [-0.2, 0) is 16.1 Å². The highest BCUT2D eigenvalue weighted by Crippen LogP contribution is 2.14. The molecule has 2 aromatic rings. The molecule has 0 unspecified atom stereocenters. The van der Waals surface area contributed by atoms with E-state index in [2.05, 4.69) is 0 Å². The summed E-state index contributed by atoms with van der Waals surface area (Å²) >= 11 is 1.63. The van der Waals surface area contributed by atoms with Crippen molar-refractivity contribution in [3.8, 4) is 0 Å². The van der Waals surface area contributed by atoms with Gasteiger partial charge in [-0.25, -0.2) is 4.79 Å². The van der Waals surface area contributed by atoms with E-state index in [-0.39, 0.29) is 18.6 Å². The molecule has 0 amide bonds. The minimum Gasteiger partial charge on any atom is -0.458 e. The van der Waals surface area contributed by atoms with Crippen molar-refractivity contribution in [2.45, 2.75) is 26.5 Å². The summed E-state index contributed by atoms with van der Waals surface area (Å²) in [5.74, 6) is -0.191. The molecule has 0 saturated carbocycles. The minimum atomic E-state index is -0.191. The molecule has 1 aromatic heterocycles. The van der Waals surface area contributed by atoms with Crippen LogP contribution in [0.5, 0.6) is 0 Å². The molecule has 0 atom stereocenters. The Hall–Kier alpha value is -1.42. The van der Waals surface area contributed by atoms with E-state index in [1.165, 1.54) is 4.70 Å². The lowest BCUT2D eigenvalue weighted by Gasteiger charge is -2.04. The van der Waals surface area contributed by atoms with E-state index >= 15 is 0 Å². The highest BCUT2D eigenvalue weighted by Gasteiger charge is 2.17. The van der Waals surface area contributed by atoms with Gasteiger partial charge < -0.3 is 4.74 Å². The first-order valence-corrected chi connectivity index (χ1v) is 6.10. The zero-order chi connectivity index (χ0) is 11.5. The van der Waals surface area contributed by atoms with Crippen LogP contribution in [0.3, 0.4) is 0 Å². The predicted molar refractivity (Wildman–Crippen MR) is 63.2 cm³/mol. The number of aromatic nitrogens is 1. The van der Waals surface area contributed by atoms with Crippen molar-refractivity contribution in [3.63, 3.8) is 0 Å². The number of rotatable bonds is 3. The van der Waals surface area contributed by atoms with Gasteiger partial charge >= 0.3 is 5.97 Å². The summed E-state index contributed by atoms with van der Waals surface area (Å²) in [7, 11) is 0. The van der Waals surface area contributed by atoms with Gasteiger partial charge in [0.05, 0.1) is 6.10 Å². The first-order chi connectivity index (χ1) is 7.66. The fourth-order valence-electron chi connectivity index (χ4n) is 1.53. The van der Waals surface area contributed by atoms with Crippen LogP contribution in [0.25, 0.3) is 10.2 Å². The van der Waals surface area contributed by atoms with Crippen molar-refractivity contribution < 1.29 is 14.1 Å². The second-order valence-corrected chi connectivity index (χ2v) is 4.74. The van der Waals surface area contributed by atoms with Crippen molar-refractivity contribution in [2.24, 2.45) is 0 Å². The van der Waals surface area contributed by atoms with Crippen LogP contribution in [0.2, 0.25) is 0 Å². The fourth-order valence-corrected chi connectivity index (χ4v) is 2.43. The highest BCUT2D eigenvalue weighted by atomic mass is 32.1. The van der Waals surface area contributed by atoms with Crippen molar-refractivity contribution in [2.75, 3.05) is 0 Å². The van der Waals surface area contributed by atoms with Gasteiger partial charge in [0.1, 0.15) is 4.70 Å². The fraction of sp³-hybridized carbons (Fsp3) is 0.333. The molecule has 84 valence electrons. The third-order valence-corrected chi connectivity index (χ3v) is 3.11. The molecular formula is C12H14NO2S+. The van der Waals surface area contributed by atoms with Crippen LogP contribution in [-0.4, -0.2) is 12.1 Å². The first-order valence-electron chi connectivity index (χ1n) is 5.22. The average molecular weight is 236 g/mol. The van der Waals surface area contributed by atoms with Crippen LogP contribution in [0.4, 0.5) is 0 Å². The van der Waals surface area contributed by atoms with Gasteiger partial charge in [0.15, 0.2) is 0 Å². The quantitative estimate of drug-likeness (QED) is 0.603. The number of carbonyl (C=O) groups excluding carboxylic acids is 1. The number of fused-ring (bicyclic) bond motifs is 1. The lowest BCUT2D eigenvalue weighted by atomic mass is 10.3. The van der Waals surface area contributed by atoms with E-state index in [1.807, 2.05) is 48.2 Å². The number of hydrogen-bond acceptors (Lipinski definition) is 3. The molecule has 0 aliphatic heterocycles. The van der Waals surface area contributed by atoms with E-state index in [0.29, 0.717) is 0 Å². The monoisotopic (exact) mass is 236 g/mol. The van der Waals surface area contributed by atoms with Crippen LogP contribution >= 0.6 is 11.3 Å². The highest BCUT2D eigenvalue weighted by molar-refractivity contribution is 7.16. The zero-order valence-corrected chi connectivity index (χ0v) is 10.2. The molecule has 0 N–H and O–H groups in total. The zero-order valence-electron chi connectivity index (χ0n) is 9.34. The molecule has 0 spiro atoms. The summed E-state index contributed by atoms with van der Waals surface area (Å²) in [6, 6.07) is 8.02. The Labute approximate surface area is 98.3 Å². The van der Waals surface area contributed by atoms with Crippen molar-refractivity contribution in [3.05, 3.63) is 29.8 Å². The average Bonchev–Trinajstić information content (AvgIpc) is 2.61. The minimum absolute atomic E-state index is 0.0574. The summed E-state index contributed by atoms with van der Waals surface area (Å²) in [6.45, 7) is 3.99. The second kappa shape index (κ2) is 4.61. The number of thiazole rings is 1. The van der Waals surface area contributed by atoms with Crippen LogP contribution in [0.15, 0.2) is 29.8 Å². The predicted octanol–water partition coefficient (Wildman–Crippen LogP) is 2.14. The maximum atomic E-state index is 11.5. The van der Waals surface area contributed by atoms with Crippen LogP contribution < -0.4 is 4.57 Å². The van der Waals surface area contributed by atoms with E-state index in [1.54, 1.807) is 11.3 Å². The Morgan fingerprint density at radius 3 is 2.94 bits per heavy atom. The largest absolute Gasteiger partial charge is 0.458 e. The summed E-state index contributed by atoms with van der Waals surface area (Å²) in [5.41, 5.74) is 3.03. The standard InChI is InChI=1S/C12H14NO2S/c1-9(2)15-12(14)7-13-8-16-11-6-4-3-5-10(11)13/h3-6,8-9H,7H2,1-2H3/q+1. The molecule has 1 heterocycles. The van der Waals surface area contributed by atoms with Crippen molar-refractivity contribution >= 4 is 27.5 Å². The maximum absolute atomic E-state index is 11.5. The van der Waals surface area contributed by atoms with Crippen molar-refractivity contribution in [1.82, 2.24) is 0 Å². The Balaban J connectivity index is 2.18. The molecule has 0 aliphatic carbocycles. The molecule has 0 radical (unpaired) electrons. The third-order valence-electron chi connectivity index (χ3n) is 2.15. The molecule has 2 rings (SSSR count). The summed E-state index contributed by atoms with van der Waals surface area (Å²) in [4.78, 5) is 11.5. The summed E-state index contributed by atoms with van der Waals surface area (Å²) < 4.78 is 8.22. The second-order valence-electron chi connectivity index (χ2n) is 3.86. The van der Waals surface area contributed by atoms with E-state index < -0.39 is 0 Å². The smallest absolute Gasteiger partial charge is 0.372 e. The third kappa shape index (κ3) is 2.39. The van der Waals surface area contributed by atoms with Crippen LogP contribution in [0.1, 0.15) is 13.8 Å². The number of carbonyl (C=O) groups is 1. The van der Waals surface area contributed by atoms with E-state index in [4.69, 9.17) is 4.74 Å². The van der Waals surface area contributed by atoms with Crippen LogP contribution in [0, 0.1) is 0 Å². The number of hydrogen-bond donors (Lipinski definition) is 0. The molecule has 16 heavy (non-hydrogen) atoms. The molecule has 3 nitrogen and oxygen atoms in total. The number of para-hydroxylation sites is 1. The number of nitrogens with zero attached hydrogens (tertiary/aromatic N) is 1. The van der Waals surface area contributed by atoms with Gasteiger partial charge in [-0.1, -0.05) is 23.5 Å². The normalized spacial score (nSPS) is 10.9. The Bertz CT molecular complexity index is 504. The number of ether oxygens (including phenoxy) is 1. The Kier molecular flexibility index (Phi) is 3.19. The summed E-state index contributed by atoms with van der Waals surface area (Å²) in [6.07, 6.45) is -0.0574. The molecule has 1 aromatic carbocycles. The Morgan fingerprint density at radius 2 is 2.19 bits per heavy atom. The van der Waals surface area contributed by atoms with Gasteiger partial charge in [0.2, 0.25) is 17.6 Å². The van der Waals surface area contributed by atoms with E-state index in [0.717, 1.165) is 5.52 Å². The SMILES string of the molecule is CC(C)OC(=O)C[n+]1csc2ccccc21. The van der Waals surface area contributed by atoms with E-state index in [9.17, 15) is 4.79 Å². The van der Waals surface area contributed by atoms with Gasteiger partial charge in [-0.3, -0.25) is 0 Å². The molecular weight excluding hydrogens is 222 g/mol. The first kappa shape index (κ1) is 11.1. The topological polar surface area (TPSA) is 30.2 Å².